The van der Waals surface area contributed by atoms with Crippen LogP contribution in [0.5, 0.6) is 0 Å². The second kappa shape index (κ2) is 3.37. The summed E-state index contributed by atoms with van der Waals surface area (Å²) in [6, 6.07) is 0. The summed E-state index contributed by atoms with van der Waals surface area (Å²) in [5.74, 6) is 1.35. The van der Waals surface area contributed by atoms with Gasteiger partial charge in [0.1, 0.15) is 11.2 Å². The lowest BCUT2D eigenvalue weighted by molar-refractivity contribution is 0.00578. The van der Waals surface area contributed by atoms with Gasteiger partial charge < -0.3 is 0 Å². The molecular weight excluding hydrogens is 235 g/mol. The zero-order chi connectivity index (χ0) is 12.5. The minimum atomic E-state index is -2.90. The summed E-state index contributed by atoms with van der Waals surface area (Å²) in [5.41, 5.74) is -0.739. The first-order valence-corrected chi connectivity index (χ1v) is 8.36. The molecular formula is C13H23O3P. The quantitative estimate of drug-likeness (QED) is 0.667. The molecule has 0 aromatic rings. The largest absolute Gasteiger partial charge is 0.335 e. The summed E-state index contributed by atoms with van der Waals surface area (Å²) in [4.78, 5) is 0. The maximum absolute atomic E-state index is 13.0. The highest BCUT2D eigenvalue weighted by molar-refractivity contribution is 7.55. The summed E-state index contributed by atoms with van der Waals surface area (Å²) < 4.78 is 24.8. The zero-order valence-corrected chi connectivity index (χ0v) is 12.1. The summed E-state index contributed by atoms with van der Waals surface area (Å²) >= 11 is 0. The molecule has 0 spiro atoms. The lowest BCUT2D eigenvalue weighted by Crippen LogP contribution is -2.41. The Kier molecular flexibility index (Phi) is 2.42. The molecule has 2 bridgehead atoms. The van der Waals surface area contributed by atoms with Crippen LogP contribution >= 0.6 is 7.60 Å². The molecule has 3 rings (SSSR count). The van der Waals surface area contributed by atoms with Crippen molar-refractivity contribution in [1.29, 1.82) is 0 Å². The van der Waals surface area contributed by atoms with E-state index in [1.165, 1.54) is 19.3 Å². The fraction of sp³-hybridized carbons (Fsp3) is 1.00. The number of fused-ring (bicyclic) bond motifs is 2. The second-order valence-corrected chi connectivity index (χ2v) is 9.09. The summed E-state index contributed by atoms with van der Waals surface area (Å²) in [6.45, 7) is 7.94. The molecule has 3 aliphatic rings. The number of rotatable bonds is 1. The Morgan fingerprint density at radius 3 is 2.00 bits per heavy atom. The van der Waals surface area contributed by atoms with E-state index < -0.39 is 18.8 Å². The summed E-state index contributed by atoms with van der Waals surface area (Å²) in [6.07, 6.45) is 4.82. The van der Waals surface area contributed by atoms with E-state index in [2.05, 4.69) is 0 Å². The van der Waals surface area contributed by atoms with Crippen LogP contribution in [0.25, 0.3) is 0 Å². The Hall–Kier alpha value is 0.150. The normalized spacial score (nSPS) is 45.3. The fourth-order valence-electron chi connectivity index (χ4n) is 3.61. The van der Waals surface area contributed by atoms with Crippen LogP contribution in [-0.4, -0.2) is 16.9 Å². The smallest absolute Gasteiger partial charge is 0.299 e. The fourth-order valence-corrected chi connectivity index (χ4v) is 6.97. The molecule has 1 saturated heterocycles. The molecule has 98 valence electrons. The van der Waals surface area contributed by atoms with Gasteiger partial charge in [-0.2, -0.15) is 0 Å². The van der Waals surface area contributed by atoms with Crippen LogP contribution in [0.4, 0.5) is 0 Å². The van der Waals surface area contributed by atoms with Gasteiger partial charge in [0.2, 0.25) is 0 Å². The van der Waals surface area contributed by atoms with Gasteiger partial charge in [-0.25, -0.2) is 0 Å². The van der Waals surface area contributed by atoms with Crippen LogP contribution in [0, 0.1) is 11.8 Å². The van der Waals surface area contributed by atoms with Crippen LogP contribution in [0.15, 0.2) is 0 Å². The molecule has 0 N–H and O–H groups in total. The summed E-state index contributed by atoms with van der Waals surface area (Å²) in [7, 11) is -2.90. The minimum Gasteiger partial charge on any atom is -0.299 e. The SMILES string of the molecule is CC1(C)OP(=O)([C@H]2C[C@@H]3CC[C@H]2C3)OC1(C)C. The number of hydrogen-bond donors (Lipinski definition) is 0. The first kappa shape index (κ1) is 12.2. The van der Waals surface area contributed by atoms with Crippen LogP contribution in [-0.2, 0) is 13.6 Å². The van der Waals surface area contributed by atoms with Gasteiger partial charge in [-0.15, -0.1) is 0 Å². The Morgan fingerprint density at radius 2 is 1.59 bits per heavy atom. The Labute approximate surface area is 104 Å². The van der Waals surface area contributed by atoms with E-state index in [1.807, 2.05) is 27.7 Å². The van der Waals surface area contributed by atoms with Crippen molar-refractivity contribution in [2.75, 3.05) is 0 Å². The van der Waals surface area contributed by atoms with E-state index in [0.29, 0.717) is 5.92 Å². The van der Waals surface area contributed by atoms with Gasteiger partial charge in [0.25, 0.3) is 0 Å². The molecule has 0 aromatic carbocycles. The van der Waals surface area contributed by atoms with Crippen LogP contribution in [0.3, 0.4) is 0 Å². The van der Waals surface area contributed by atoms with E-state index in [-0.39, 0.29) is 5.66 Å². The molecule has 3 atom stereocenters. The lowest BCUT2D eigenvalue weighted by Gasteiger charge is -2.29. The lowest BCUT2D eigenvalue weighted by atomic mass is 9.90. The van der Waals surface area contributed by atoms with Crippen molar-refractivity contribution in [2.24, 2.45) is 11.8 Å². The van der Waals surface area contributed by atoms with Crippen LogP contribution in [0.2, 0.25) is 0 Å². The minimum absolute atomic E-state index is 0.169. The highest BCUT2D eigenvalue weighted by Gasteiger charge is 2.61. The molecule has 17 heavy (non-hydrogen) atoms. The standard InChI is InChI=1S/C13H23O3P/c1-12(2)13(3,4)16-17(14,15-12)11-8-9-5-6-10(11)7-9/h9-11H,5-8H2,1-4H3/t9-,10+,11+/m1/s1. The molecule has 0 aromatic heterocycles. The molecule has 0 unspecified atom stereocenters. The Balaban J connectivity index is 1.87. The number of hydrogen-bond acceptors (Lipinski definition) is 3. The third kappa shape index (κ3) is 1.66. The molecule has 4 heteroatoms. The van der Waals surface area contributed by atoms with Crippen molar-refractivity contribution >= 4 is 7.60 Å². The molecule has 2 saturated carbocycles. The average Bonchev–Trinajstić information content (AvgIpc) is 2.78. The molecule has 1 aliphatic heterocycles. The van der Waals surface area contributed by atoms with Gasteiger partial charge in [-0.1, -0.05) is 6.42 Å². The zero-order valence-electron chi connectivity index (χ0n) is 11.2. The van der Waals surface area contributed by atoms with Gasteiger partial charge in [0.05, 0.1) is 5.66 Å². The van der Waals surface area contributed by atoms with E-state index in [1.54, 1.807) is 0 Å². The second-order valence-electron chi connectivity index (χ2n) is 6.99. The molecule has 1 heterocycles. The third-order valence-electron chi connectivity index (χ3n) is 5.27. The molecule has 0 amide bonds. The monoisotopic (exact) mass is 258 g/mol. The van der Waals surface area contributed by atoms with Gasteiger partial charge in [-0.3, -0.25) is 13.6 Å². The predicted molar refractivity (Wildman–Crippen MR) is 67.2 cm³/mol. The van der Waals surface area contributed by atoms with Crippen molar-refractivity contribution in [3.63, 3.8) is 0 Å². The highest BCUT2D eigenvalue weighted by atomic mass is 31.2. The van der Waals surface area contributed by atoms with Crippen molar-refractivity contribution in [3.8, 4) is 0 Å². The third-order valence-corrected chi connectivity index (χ3v) is 8.13. The molecule has 3 fully saturated rings. The molecule has 0 radical (unpaired) electrons. The first-order chi connectivity index (χ1) is 7.74. The summed E-state index contributed by atoms with van der Waals surface area (Å²) in [5, 5.41) is 0. The van der Waals surface area contributed by atoms with Gasteiger partial charge in [0.15, 0.2) is 0 Å². The van der Waals surface area contributed by atoms with E-state index in [4.69, 9.17) is 9.05 Å². The maximum Gasteiger partial charge on any atom is 0.335 e. The van der Waals surface area contributed by atoms with Gasteiger partial charge in [0, 0.05) is 0 Å². The average molecular weight is 258 g/mol. The first-order valence-electron chi connectivity index (χ1n) is 6.75. The highest BCUT2D eigenvalue weighted by Crippen LogP contribution is 2.72. The van der Waals surface area contributed by atoms with Crippen molar-refractivity contribution in [1.82, 2.24) is 0 Å². The Morgan fingerprint density at radius 1 is 1.00 bits per heavy atom. The van der Waals surface area contributed by atoms with E-state index in [0.717, 1.165) is 12.3 Å². The van der Waals surface area contributed by atoms with Crippen LogP contribution < -0.4 is 0 Å². The van der Waals surface area contributed by atoms with E-state index in [9.17, 15) is 4.57 Å². The van der Waals surface area contributed by atoms with Gasteiger partial charge in [-0.05, 0) is 58.8 Å². The van der Waals surface area contributed by atoms with Gasteiger partial charge >= 0.3 is 7.60 Å². The van der Waals surface area contributed by atoms with Crippen molar-refractivity contribution in [2.45, 2.75) is 70.2 Å². The topological polar surface area (TPSA) is 35.5 Å². The van der Waals surface area contributed by atoms with Crippen molar-refractivity contribution < 1.29 is 13.6 Å². The maximum atomic E-state index is 13.0. The van der Waals surface area contributed by atoms with Crippen LogP contribution in [0.1, 0.15) is 53.4 Å². The molecule has 2 aliphatic carbocycles. The Bertz CT molecular complexity index is 368. The predicted octanol–water partition coefficient (Wildman–Crippen LogP) is 3.97. The van der Waals surface area contributed by atoms with E-state index >= 15 is 0 Å². The van der Waals surface area contributed by atoms with Crippen molar-refractivity contribution in [3.05, 3.63) is 0 Å². The molecule has 3 nitrogen and oxygen atoms in total.